The fraction of sp³-hybridized carbons (Fsp3) is 0.105. The molecule has 0 aliphatic rings. The summed E-state index contributed by atoms with van der Waals surface area (Å²) in [5.41, 5.74) is 1.96. The van der Waals surface area contributed by atoms with Crippen molar-refractivity contribution in [2.45, 2.75) is 13.8 Å². The van der Waals surface area contributed by atoms with Crippen LogP contribution in [0, 0.1) is 6.92 Å². The maximum atomic E-state index is 12.7. The first-order chi connectivity index (χ1) is 12.4. The van der Waals surface area contributed by atoms with Crippen molar-refractivity contribution < 1.29 is 18.8 Å². The van der Waals surface area contributed by atoms with E-state index in [0.29, 0.717) is 21.7 Å². The van der Waals surface area contributed by atoms with Crippen molar-refractivity contribution in [1.29, 1.82) is 0 Å². The zero-order valence-electron chi connectivity index (χ0n) is 14.1. The molecule has 1 aromatic heterocycles. The Morgan fingerprint density at radius 2 is 1.92 bits per heavy atom. The van der Waals surface area contributed by atoms with Crippen molar-refractivity contribution in [3.8, 4) is 0 Å². The van der Waals surface area contributed by atoms with Gasteiger partial charge in [0.15, 0.2) is 0 Å². The second-order valence-electron chi connectivity index (χ2n) is 5.60. The summed E-state index contributed by atoms with van der Waals surface area (Å²) >= 11 is 6.09. The van der Waals surface area contributed by atoms with Crippen LogP contribution in [0.15, 0.2) is 58.1 Å². The number of carbonyl (C=O) groups excluding carboxylic acids is 2. The number of halogens is 1. The number of anilines is 1. The van der Waals surface area contributed by atoms with Gasteiger partial charge in [-0.3, -0.25) is 4.79 Å². The molecule has 3 aromatic rings. The van der Waals surface area contributed by atoms with Crippen LogP contribution in [0.1, 0.15) is 22.8 Å². The Balaban J connectivity index is 2.04. The van der Waals surface area contributed by atoms with Crippen molar-refractivity contribution in [2.75, 3.05) is 5.32 Å². The molecule has 7 heteroatoms. The minimum absolute atomic E-state index is 0.102. The van der Waals surface area contributed by atoms with Gasteiger partial charge in [0.2, 0.25) is 0 Å². The minimum atomic E-state index is -0.620. The Bertz CT molecular complexity index is 1070. The Labute approximate surface area is 154 Å². The van der Waals surface area contributed by atoms with E-state index in [2.05, 4.69) is 15.3 Å². The van der Waals surface area contributed by atoms with Gasteiger partial charge in [-0.15, -0.1) is 0 Å². The first-order valence-electron chi connectivity index (χ1n) is 7.76. The fourth-order valence-corrected chi connectivity index (χ4v) is 2.45. The first-order valence-corrected chi connectivity index (χ1v) is 8.14. The third-order valence-corrected chi connectivity index (χ3v) is 3.99. The van der Waals surface area contributed by atoms with Gasteiger partial charge in [-0.1, -0.05) is 35.9 Å². The topological polar surface area (TPSA) is 80.9 Å². The van der Waals surface area contributed by atoms with E-state index in [-0.39, 0.29) is 11.1 Å². The number of fused-ring (bicyclic) bond motifs is 1. The molecule has 0 spiro atoms. The second-order valence-corrected chi connectivity index (χ2v) is 6.00. The number of carbonyl (C=O) groups is 2. The fourth-order valence-electron chi connectivity index (χ4n) is 2.27. The van der Waals surface area contributed by atoms with Gasteiger partial charge in [-0.2, -0.15) is 0 Å². The van der Waals surface area contributed by atoms with Gasteiger partial charge in [-0.05, 0) is 41.9 Å². The number of para-hydroxylation sites is 1. The van der Waals surface area contributed by atoms with E-state index in [1.807, 2.05) is 13.0 Å². The highest BCUT2D eigenvalue weighted by Gasteiger charge is 2.14. The van der Waals surface area contributed by atoms with E-state index in [0.717, 1.165) is 5.56 Å². The van der Waals surface area contributed by atoms with E-state index in [4.69, 9.17) is 16.0 Å². The van der Waals surface area contributed by atoms with Crippen LogP contribution >= 0.6 is 11.6 Å². The number of amides is 1. The molecule has 0 radical (unpaired) electrons. The van der Waals surface area contributed by atoms with Gasteiger partial charge in [-0.25, -0.2) is 4.79 Å². The molecule has 26 heavy (non-hydrogen) atoms. The molecular formula is C19H15ClN2O4. The first kappa shape index (κ1) is 17.7. The summed E-state index contributed by atoms with van der Waals surface area (Å²) in [6, 6.07) is 13.9. The molecule has 0 bridgehead atoms. The predicted octanol–water partition coefficient (Wildman–Crippen LogP) is 4.03. The molecule has 132 valence electrons. The van der Waals surface area contributed by atoms with E-state index in [1.165, 1.54) is 6.92 Å². The van der Waals surface area contributed by atoms with Crippen LogP contribution in [0.2, 0.25) is 5.02 Å². The van der Waals surface area contributed by atoms with Crippen LogP contribution in [-0.2, 0) is 9.63 Å². The van der Waals surface area contributed by atoms with Crippen molar-refractivity contribution in [3.63, 3.8) is 0 Å². The Kier molecular flexibility index (Phi) is 5.04. The zero-order chi connectivity index (χ0) is 18.7. The summed E-state index contributed by atoms with van der Waals surface area (Å²) in [6.07, 6.45) is 0. The molecule has 0 saturated heterocycles. The average Bonchev–Trinajstić information content (AvgIpc) is 2.62. The van der Waals surface area contributed by atoms with Crippen LogP contribution < -0.4 is 10.9 Å². The molecule has 0 aliphatic heterocycles. The summed E-state index contributed by atoms with van der Waals surface area (Å²) in [6.45, 7) is 3.07. The predicted molar refractivity (Wildman–Crippen MR) is 97.7 cm³/mol. The summed E-state index contributed by atoms with van der Waals surface area (Å²) in [7, 11) is 0. The number of rotatable bonds is 3. The van der Waals surface area contributed by atoms with Gasteiger partial charge in [0.1, 0.15) is 11.1 Å². The van der Waals surface area contributed by atoms with Gasteiger partial charge < -0.3 is 14.6 Å². The highest BCUT2D eigenvalue weighted by molar-refractivity contribution is 6.31. The Morgan fingerprint density at radius 1 is 1.15 bits per heavy atom. The molecule has 1 heterocycles. The molecule has 2 aromatic carbocycles. The van der Waals surface area contributed by atoms with E-state index < -0.39 is 11.9 Å². The van der Waals surface area contributed by atoms with Crippen LogP contribution in [-0.4, -0.2) is 11.9 Å². The largest absolute Gasteiger partial charge is 0.435 e. The molecular weight excluding hydrogens is 356 g/mol. The summed E-state index contributed by atoms with van der Waals surface area (Å²) in [5.74, 6) is -1.09. The summed E-state index contributed by atoms with van der Waals surface area (Å²) in [5, 5.41) is 7.63. The molecule has 0 fully saturated rings. The molecule has 1 N–H and O–H groups in total. The lowest BCUT2D eigenvalue weighted by atomic mass is 10.1. The van der Waals surface area contributed by atoms with E-state index >= 15 is 0 Å². The van der Waals surface area contributed by atoms with Gasteiger partial charge in [0, 0.05) is 23.0 Å². The summed E-state index contributed by atoms with van der Waals surface area (Å²) < 4.78 is 5.61. The lowest BCUT2D eigenvalue weighted by Crippen LogP contribution is -2.22. The average molecular weight is 371 g/mol. The molecule has 1 amide bonds. The quantitative estimate of drug-likeness (QED) is 0.557. The molecule has 3 rings (SSSR count). The molecule has 0 atom stereocenters. The number of hydrogen-bond donors (Lipinski definition) is 1. The van der Waals surface area contributed by atoms with E-state index in [9.17, 15) is 9.59 Å². The van der Waals surface area contributed by atoms with Crippen LogP contribution in [0.3, 0.4) is 0 Å². The number of hydrogen-bond acceptors (Lipinski definition) is 5. The van der Waals surface area contributed by atoms with Gasteiger partial charge in [0.25, 0.3) is 11.5 Å². The third-order valence-electron chi connectivity index (χ3n) is 3.59. The van der Waals surface area contributed by atoms with Crippen molar-refractivity contribution in [2.24, 2.45) is 5.16 Å². The zero-order valence-corrected chi connectivity index (χ0v) is 14.8. The van der Waals surface area contributed by atoms with Crippen LogP contribution in [0.5, 0.6) is 0 Å². The molecule has 6 nitrogen and oxygen atoms in total. The molecule has 0 saturated carbocycles. The van der Waals surface area contributed by atoms with Crippen LogP contribution in [0.4, 0.5) is 5.69 Å². The van der Waals surface area contributed by atoms with Crippen LogP contribution in [0.25, 0.3) is 11.0 Å². The number of benzene rings is 2. The third kappa shape index (κ3) is 3.92. The monoisotopic (exact) mass is 370 g/mol. The lowest BCUT2D eigenvalue weighted by Gasteiger charge is -2.08. The Hall–Kier alpha value is -3.12. The Morgan fingerprint density at radius 3 is 2.65 bits per heavy atom. The van der Waals surface area contributed by atoms with Crippen molar-refractivity contribution in [3.05, 3.63) is 70.2 Å². The maximum Gasteiger partial charge on any atom is 0.332 e. The van der Waals surface area contributed by atoms with Gasteiger partial charge >= 0.3 is 5.97 Å². The number of aryl methyl sites for hydroxylation is 1. The smallest absolute Gasteiger partial charge is 0.332 e. The highest BCUT2D eigenvalue weighted by Crippen LogP contribution is 2.21. The number of nitrogens with one attached hydrogen (secondary N) is 1. The lowest BCUT2D eigenvalue weighted by molar-refractivity contribution is -0.141. The molecule has 0 unspecified atom stereocenters. The maximum absolute atomic E-state index is 12.7. The molecule has 0 aliphatic carbocycles. The summed E-state index contributed by atoms with van der Waals surface area (Å²) in [4.78, 5) is 28.4. The second kappa shape index (κ2) is 7.41. The standard InChI is InChI=1S/C19H15ClN2O4/c1-11-7-8-14(10-16(11)20)21-18(24)15-9-13-5-3-4-6-17(13)25-19(15)22-26-12(2)23/h3-10H,1-2H3,(H,21,24). The van der Waals surface area contributed by atoms with Gasteiger partial charge in [0.05, 0.1) is 0 Å². The SMILES string of the molecule is CC(=O)ON=c1oc2ccccc2cc1C(=O)Nc1ccc(C)c(Cl)c1. The minimum Gasteiger partial charge on any atom is -0.435 e. The highest BCUT2D eigenvalue weighted by atomic mass is 35.5. The normalized spacial score (nSPS) is 11.4. The van der Waals surface area contributed by atoms with Crippen molar-refractivity contribution >= 4 is 40.1 Å². The van der Waals surface area contributed by atoms with E-state index in [1.54, 1.807) is 42.5 Å². The number of nitrogens with zero attached hydrogens (tertiary/aromatic N) is 1. The van der Waals surface area contributed by atoms with Crippen molar-refractivity contribution in [1.82, 2.24) is 0 Å².